The van der Waals surface area contributed by atoms with Crippen molar-refractivity contribution in [2.75, 3.05) is 7.05 Å². The number of pyridine rings is 1. The van der Waals surface area contributed by atoms with Crippen molar-refractivity contribution in [2.24, 2.45) is 0 Å². The Balaban J connectivity index is 2.69. The first-order chi connectivity index (χ1) is 6.09. The van der Waals surface area contributed by atoms with E-state index >= 15 is 0 Å². The van der Waals surface area contributed by atoms with Crippen LogP contribution in [0.3, 0.4) is 0 Å². The zero-order valence-electron chi connectivity index (χ0n) is 7.62. The maximum absolute atomic E-state index is 10.7. The molecule has 1 amide bonds. The molecule has 0 bridgehead atoms. The van der Waals surface area contributed by atoms with Gasteiger partial charge in [0.15, 0.2) is 0 Å². The van der Waals surface area contributed by atoms with Gasteiger partial charge in [-0.1, -0.05) is 6.07 Å². The lowest BCUT2D eigenvalue weighted by Gasteiger charge is -2.12. The van der Waals surface area contributed by atoms with Gasteiger partial charge in [-0.3, -0.25) is 9.78 Å². The molecule has 0 fully saturated rings. The molecule has 0 aliphatic carbocycles. The highest BCUT2D eigenvalue weighted by atomic mass is 35.5. The van der Waals surface area contributed by atoms with E-state index in [1.165, 1.54) is 4.90 Å². The lowest BCUT2D eigenvalue weighted by molar-refractivity contribution is 0.230. The van der Waals surface area contributed by atoms with E-state index in [0.717, 1.165) is 11.4 Å². The molecule has 0 saturated heterocycles. The van der Waals surface area contributed by atoms with Crippen molar-refractivity contribution in [3.8, 4) is 0 Å². The van der Waals surface area contributed by atoms with Crippen LogP contribution in [0.4, 0.5) is 4.79 Å². The van der Waals surface area contributed by atoms with Crippen molar-refractivity contribution in [3.05, 3.63) is 29.6 Å². The number of halogens is 1. The second kappa shape index (κ2) is 4.23. The third-order valence-electron chi connectivity index (χ3n) is 1.65. The zero-order chi connectivity index (χ0) is 9.84. The summed E-state index contributed by atoms with van der Waals surface area (Å²) in [4.78, 5) is 16.3. The Morgan fingerprint density at radius 3 is 2.85 bits per heavy atom. The van der Waals surface area contributed by atoms with Gasteiger partial charge in [-0.15, -0.1) is 0 Å². The van der Waals surface area contributed by atoms with Crippen LogP contribution in [0, 0.1) is 6.92 Å². The van der Waals surface area contributed by atoms with Crippen LogP contribution < -0.4 is 0 Å². The van der Waals surface area contributed by atoms with Crippen molar-refractivity contribution in [3.63, 3.8) is 0 Å². The molecule has 1 heterocycles. The SMILES string of the molecule is Cc1cccc(CN(C)C(=O)Cl)n1. The van der Waals surface area contributed by atoms with Gasteiger partial charge < -0.3 is 4.90 Å². The minimum absolute atomic E-state index is 0.448. The van der Waals surface area contributed by atoms with Gasteiger partial charge in [0.1, 0.15) is 0 Å². The molecule has 0 N–H and O–H groups in total. The molecule has 1 aromatic rings. The molecule has 0 radical (unpaired) electrons. The lowest BCUT2D eigenvalue weighted by atomic mass is 10.3. The Morgan fingerprint density at radius 2 is 2.31 bits per heavy atom. The summed E-state index contributed by atoms with van der Waals surface area (Å²) in [6, 6.07) is 5.68. The third-order valence-corrected chi connectivity index (χ3v) is 1.93. The van der Waals surface area contributed by atoms with Crippen LogP contribution in [-0.4, -0.2) is 22.3 Å². The maximum Gasteiger partial charge on any atom is 0.316 e. The highest BCUT2D eigenvalue weighted by Gasteiger charge is 2.05. The molecule has 4 heteroatoms. The Bertz CT molecular complexity index is 314. The maximum atomic E-state index is 10.7. The van der Waals surface area contributed by atoms with Gasteiger partial charge in [-0.25, -0.2) is 0 Å². The van der Waals surface area contributed by atoms with Crippen LogP contribution in [0.5, 0.6) is 0 Å². The summed E-state index contributed by atoms with van der Waals surface area (Å²) in [5, 5.41) is -0.469. The second-order valence-corrected chi connectivity index (χ2v) is 3.20. The van der Waals surface area contributed by atoms with Crippen LogP contribution in [0.25, 0.3) is 0 Å². The molecule has 1 aromatic heterocycles. The summed E-state index contributed by atoms with van der Waals surface area (Å²) in [7, 11) is 1.64. The van der Waals surface area contributed by atoms with Gasteiger partial charge in [-0.05, 0) is 30.7 Å². The average Bonchev–Trinajstić information content (AvgIpc) is 2.04. The summed E-state index contributed by atoms with van der Waals surface area (Å²) in [5.41, 5.74) is 1.78. The van der Waals surface area contributed by atoms with Gasteiger partial charge in [-0.2, -0.15) is 0 Å². The van der Waals surface area contributed by atoms with Crippen LogP contribution in [0.1, 0.15) is 11.4 Å². The van der Waals surface area contributed by atoms with Crippen LogP contribution in [0.15, 0.2) is 18.2 Å². The number of carbonyl (C=O) groups excluding carboxylic acids is 1. The number of hydrogen-bond donors (Lipinski definition) is 0. The molecule has 0 spiro atoms. The van der Waals surface area contributed by atoms with Crippen molar-refractivity contribution in [1.82, 2.24) is 9.88 Å². The average molecular weight is 199 g/mol. The Kier molecular flexibility index (Phi) is 3.25. The molecule has 70 valence electrons. The van der Waals surface area contributed by atoms with E-state index in [2.05, 4.69) is 4.98 Å². The van der Waals surface area contributed by atoms with Crippen molar-refractivity contribution < 1.29 is 4.79 Å². The van der Waals surface area contributed by atoms with Crippen LogP contribution in [-0.2, 0) is 6.54 Å². The summed E-state index contributed by atoms with van der Waals surface area (Å²) in [6.45, 7) is 2.36. The van der Waals surface area contributed by atoms with Crippen molar-refractivity contribution in [2.45, 2.75) is 13.5 Å². The largest absolute Gasteiger partial charge is 0.326 e. The first kappa shape index (κ1) is 9.99. The Labute approximate surface area is 82.3 Å². The second-order valence-electron chi connectivity index (χ2n) is 2.88. The molecule has 0 aliphatic rings. The predicted octanol–water partition coefficient (Wildman–Crippen LogP) is 2.18. The molecule has 13 heavy (non-hydrogen) atoms. The monoisotopic (exact) mass is 198 g/mol. The summed E-state index contributed by atoms with van der Waals surface area (Å²) < 4.78 is 0. The summed E-state index contributed by atoms with van der Waals surface area (Å²) >= 11 is 5.28. The van der Waals surface area contributed by atoms with E-state index in [4.69, 9.17) is 11.6 Å². The minimum atomic E-state index is -0.469. The first-order valence-corrected chi connectivity index (χ1v) is 4.30. The lowest BCUT2D eigenvalue weighted by Crippen LogP contribution is -2.20. The van der Waals surface area contributed by atoms with E-state index in [0.29, 0.717) is 6.54 Å². The molecule has 0 aliphatic heterocycles. The Morgan fingerprint density at radius 1 is 1.62 bits per heavy atom. The van der Waals surface area contributed by atoms with Gasteiger partial charge in [0.25, 0.3) is 0 Å². The summed E-state index contributed by atoms with van der Waals surface area (Å²) in [5.74, 6) is 0. The quantitative estimate of drug-likeness (QED) is 0.539. The minimum Gasteiger partial charge on any atom is -0.326 e. The fourth-order valence-corrected chi connectivity index (χ4v) is 1.05. The zero-order valence-corrected chi connectivity index (χ0v) is 8.38. The van der Waals surface area contributed by atoms with E-state index in [-0.39, 0.29) is 0 Å². The van der Waals surface area contributed by atoms with Crippen molar-refractivity contribution >= 4 is 17.0 Å². The number of hydrogen-bond acceptors (Lipinski definition) is 2. The molecule has 0 atom stereocenters. The number of amides is 1. The normalized spacial score (nSPS) is 9.77. The number of nitrogens with zero attached hydrogens (tertiary/aromatic N) is 2. The van der Waals surface area contributed by atoms with E-state index in [1.54, 1.807) is 7.05 Å². The molecular weight excluding hydrogens is 188 g/mol. The number of rotatable bonds is 2. The van der Waals surface area contributed by atoms with E-state index in [1.807, 2.05) is 25.1 Å². The standard InChI is InChI=1S/C9H11ClN2O/c1-7-4-3-5-8(11-7)6-12(2)9(10)13/h3-5H,6H2,1-2H3. The van der Waals surface area contributed by atoms with Gasteiger partial charge in [0, 0.05) is 12.7 Å². The van der Waals surface area contributed by atoms with Gasteiger partial charge >= 0.3 is 5.37 Å². The van der Waals surface area contributed by atoms with Gasteiger partial charge in [0.2, 0.25) is 0 Å². The highest BCUT2D eigenvalue weighted by molar-refractivity contribution is 6.62. The van der Waals surface area contributed by atoms with E-state index in [9.17, 15) is 4.79 Å². The fraction of sp³-hybridized carbons (Fsp3) is 0.333. The van der Waals surface area contributed by atoms with Crippen molar-refractivity contribution in [1.29, 1.82) is 0 Å². The molecular formula is C9H11ClN2O. The van der Waals surface area contributed by atoms with Crippen LogP contribution >= 0.6 is 11.6 Å². The number of aromatic nitrogens is 1. The topological polar surface area (TPSA) is 33.2 Å². The predicted molar refractivity (Wildman–Crippen MR) is 51.7 cm³/mol. The molecule has 0 unspecified atom stereocenters. The first-order valence-electron chi connectivity index (χ1n) is 3.92. The smallest absolute Gasteiger partial charge is 0.316 e. The number of carbonyl (C=O) groups is 1. The fourth-order valence-electron chi connectivity index (χ4n) is 0.993. The van der Waals surface area contributed by atoms with Gasteiger partial charge in [0.05, 0.1) is 12.2 Å². The molecule has 0 saturated carbocycles. The summed E-state index contributed by atoms with van der Waals surface area (Å²) in [6.07, 6.45) is 0. The molecule has 3 nitrogen and oxygen atoms in total. The van der Waals surface area contributed by atoms with Crippen LogP contribution in [0.2, 0.25) is 0 Å². The Hall–Kier alpha value is -1.09. The third kappa shape index (κ3) is 3.03. The van der Waals surface area contributed by atoms with E-state index < -0.39 is 5.37 Å². The molecule has 0 aromatic carbocycles. The number of aryl methyl sites for hydroxylation is 1. The molecule has 1 rings (SSSR count). The highest BCUT2D eigenvalue weighted by Crippen LogP contribution is 2.03.